The first kappa shape index (κ1) is 16.9. The molecule has 1 aromatic heterocycles. The van der Waals surface area contributed by atoms with Gasteiger partial charge in [0.1, 0.15) is 0 Å². The summed E-state index contributed by atoms with van der Waals surface area (Å²) in [6, 6.07) is 1.34. The summed E-state index contributed by atoms with van der Waals surface area (Å²) in [7, 11) is 0. The fraction of sp³-hybridized carbons (Fsp3) is 0.583. The van der Waals surface area contributed by atoms with Crippen LogP contribution in [0, 0.1) is 6.92 Å². The van der Waals surface area contributed by atoms with E-state index < -0.39 is 18.6 Å². The highest BCUT2D eigenvalue weighted by Crippen LogP contribution is 2.25. The lowest BCUT2D eigenvalue weighted by Crippen LogP contribution is -2.38. The second kappa shape index (κ2) is 6.55. The minimum absolute atomic E-state index is 0.150. The van der Waals surface area contributed by atoms with Crippen LogP contribution in [0.5, 0.6) is 0 Å². The van der Waals surface area contributed by atoms with Gasteiger partial charge in [0.05, 0.1) is 11.4 Å². The van der Waals surface area contributed by atoms with Gasteiger partial charge in [0, 0.05) is 17.5 Å². The molecule has 0 aromatic carbocycles. The van der Waals surface area contributed by atoms with Crippen molar-refractivity contribution in [1.29, 1.82) is 0 Å². The van der Waals surface area contributed by atoms with Gasteiger partial charge in [-0.05, 0) is 32.4 Å². The fourth-order valence-electron chi connectivity index (χ4n) is 1.73. The Morgan fingerprint density at radius 3 is 2.55 bits per heavy atom. The van der Waals surface area contributed by atoms with Gasteiger partial charge in [-0.3, -0.25) is 15.1 Å². The summed E-state index contributed by atoms with van der Waals surface area (Å²) in [5, 5.41) is 0. The lowest BCUT2D eigenvalue weighted by Gasteiger charge is -2.27. The van der Waals surface area contributed by atoms with Gasteiger partial charge in [0.15, 0.2) is 0 Å². The molecule has 1 aromatic rings. The standard InChI is InChI=1S/C12H18F3N3OS/c1-7(2)18(6-12(13,14)15)5-9-4-10(11(19)17-16)20-8(9)3/h4,7H,5-6,16H2,1-3H3,(H,17,19). The Hall–Kier alpha value is -1.12. The largest absolute Gasteiger partial charge is 0.401 e. The van der Waals surface area contributed by atoms with Gasteiger partial charge in [0.25, 0.3) is 5.91 Å². The number of nitrogens with two attached hydrogens (primary N) is 1. The van der Waals surface area contributed by atoms with Crippen LogP contribution in [0.2, 0.25) is 0 Å². The highest BCUT2D eigenvalue weighted by Gasteiger charge is 2.32. The molecule has 20 heavy (non-hydrogen) atoms. The Morgan fingerprint density at radius 2 is 2.10 bits per heavy atom. The number of carbonyl (C=O) groups is 1. The number of halogens is 3. The molecule has 0 bridgehead atoms. The highest BCUT2D eigenvalue weighted by molar-refractivity contribution is 7.14. The van der Waals surface area contributed by atoms with Gasteiger partial charge in [-0.25, -0.2) is 5.84 Å². The summed E-state index contributed by atoms with van der Waals surface area (Å²) in [5.74, 6) is 4.61. The summed E-state index contributed by atoms with van der Waals surface area (Å²) < 4.78 is 37.6. The minimum Gasteiger partial charge on any atom is -0.289 e. The average molecular weight is 309 g/mol. The number of nitrogens with one attached hydrogen (secondary N) is 1. The molecule has 1 rings (SSSR count). The van der Waals surface area contributed by atoms with E-state index in [-0.39, 0.29) is 12.6 Å². The van der Waals surface area contributed by atoms with Crippen LogP contribution in [0.3, 0.4) is 0 Å². The topological polar surface area (TPSA) is 58.4 Å². The zero-order valence-electron chi connectivity index (χ0n) is 11.5. The Labute approximate surface area is 119 Å². The summed E-state index contributed by atoms with van der Waals surface area (Å²) in [6.07, 6.45) is -4.24. The summed E-state index contributed by atoms with van der Waals surface area (Å²) >= 11 is 1.22. The second-order valence-electron chi connectivity index (χ2n) is 4.78. The molecule has 0 spiro atoms. The highest BCUT2D eigenvalue weighted by atomic mass is 32.1. The Bertz CT molecular complexity index is 471. The summed E-state index contributed by atoms with van der Waals surface area (Å²) in [6.45, 7) is 4.37. The molecule has 0 unspecified atom stereocenters. The van der Waals surface area contributed by atoms with Gasteiger partial charge in [-0.15, -0.1) is 11.3 Å². The number of nitrogen functional groups attached to an aromatic ring is 1. The maximum Gasteiger partial charge on any atom is 0.401 e. The van der Waals surface area contributed by atoms with Crippen LogP contribution in [-0.4, -0.2) is 29.6 Å². The molecule has 8 heteroatoms. The fourth-order valence-corrected chi connectivity index (χ4v) is 2.67. The predicted molar refractivity (Wildman–Crippen MR) is 72.3 cm³/mol. The Balaban J connectivity index is 2.89. The van der Waals surface area contributed by atoms with Crippen LogP contribution in [0.1, 0.15) is 34.0 Å². The first-order valence-corrected chi connectivity index (χ1v) is 6.86. The molecular weight excluding hydrogens is 291 g/mol. The predicted octanol–water partition coefficient (Wildman–Crippen LogP) is 2.43. The van der Waals surface area contributed by atoms with Crippen LogP contribution < -0.4 is 11.3 Å². The number of nitrogens with zero attached hydrogens (tertiary/aromatic N) is 1. The van der Waals surface area contributed by atoms with E-state index in [1.807, 2.05) is 5.43 Å². The number of thiophene rings is 1. The van der Waals surface area contributed by atoms with Crippen molar-refractivity contribution in [3.8, 4) is 0 Å². The summed E-state index contributed by atoms with van der Waals surface area (Å²) in [5.41, 5.74) is 2.73. The van der Waals surface area contributed by atoms with E-state index in [1.165, 1.54) is 16.2 Å². The van der Waals surface area contributed by atoms with E-state index in [0.29, 0.717) is 10.4 Å². The van der Waals surface area contributed by atoms with Crippen LogP contribution in [-0.2, 0) is 6.54 Å². The number of aryl methyl sites for hydroxylation is 1. The van der Waals surface area contributed by atoms with Crippen molar-refractivity contribution in [2.45, 2.75) is 39.5 Å². The average Bonchev–Trinajstić information content (AvgIpc) is 2.67. The van der Waals surface area contributed by atoms with Crippen LogP contribution >= 0.6 is 11.3 Å². The van der Waals surface area contributed by atoms with Crippen LogP contribution in [0.15, 0.2) is 6.07 Å². The number of alkyl halides is 3. The monoisotopic (exact) mass is 309 g/mol. The van der Waals surface area contributed by atoms with Crippen molar-refractivity contribution < 1.29 is 18.0 Å². The molecule has 0 saturated heterocycles. The third kappa shape index (κ3) is 4.77. The van der Waals surface area contributed by atoms with Gasteiger partial charge < -0.3 is 0 Å². The van der Waals surface area contributed by atoms with E-state index in [9.17, 15) is 18.0 Å². The van der Waals surface area contributed by atoms with Crippen molar-refractivity contribution in [1.82, 2.24) is 10.3 Å². The third-order valence-electron chi connectivity index (χ3n) is 2.86. The van der Waals surface area contributed by atoms with Crippen molar-refractivity contribution in [3.63, 3.8) is 0 Å². The Kier molecular flexibility index (Phi) is 5.55. The molecule has 0 aliphatic rings. The molecule has 0 aliphatic carbocycles. The molecule has 4 nitrogen and oxygen atoms in total. The number of amides is 1. The lowest BCUT2D eigenvalue weighted by molar-refractivity contribution is -0.150. The number of hydrazine groups is 1. The van der Waals surface area contributed by atoms with E-state index in [0.717, 1.165) is 4.88 Å². The van der Waals surface area contributed by atoms with E-state index in [4.69, 9.17) is 5.84 Å². The second-order valence-corrected chi connectivity index (χ2v) is 6.04. The zero-order valence-corrected chi connectivity index (χ0v) is 12.4. The summed E-state index contributed by atoms with van der Waals surface area (Å²) in [4.78, 5) is 13.9. The quantitative estimate of drug-likeness (QED) is 0.499. The zero-order chi connectivity index (χ0) is 15.5. The SMILES string of the molecule is Cc1sc(C(=O)NN)cc1CN(CC(F)(F)F)C(C)C. The van der Waals surface area contributed by atoms with Gasteiger partial charge in [-0.2, -0.15) is 13.2 Å². The molecule has 114 valence electrons. The van der Waals surface area contributed by atoms with Crippen molar-refractivity contribution in [2.24, 2.45) is 5.84 Å². The molecule has 0 atom stereocenters. The maximum atomic E-state index is 12.5. The molecule has 0 fully saturated rings. The van der Waals surface area contributed by atoms with Gasteiger partial charge in [0.2, 0.25) is 0 Å². The molecule has 1 amide bonds. The molecule has 0 radical (unpaired) electrons. The van der Waals surface area contributed by atoms with E-state index >= 15 is 0 Å². The molecule has 3 N–H and O–H groups in total. The Morgan fingerprint density at radius 1 is 1.50 bits per heavy atom. The third-order valence-corrected chi connectivity index (χ3v) is 3.95. The van der Waals surface area contributed by atoms with Crippen molar-refractivity contribution in [3.05, 3.63) is 21.4 Å². The number of carbonyl (C=O) groups excluding carboxylic acids is 1. The lowest BCUT2D eigenvalue weighted by atomic mass is 10.2. The van der Waals surface area contributed by atoms with Gasteiger partial charge >= 0.3 is 6.18 Å². The van der Waals surface area contributed by atoms with Crippen molar-refractivity contribution in [2.75, 3.05) is 6.54 Å². The minimum atomic E-state index is -4.24. The van der Waals surface area contributed by atoms with Gasteiger partial charge in [-0.1, -0.05) is 0 Å². The number of rotatable bonds is 5. The molecule has 0 saturated carbocycles. The molecule has 0 aliphatic heterocycles. The van der Waals surface area contributed by atoms with Crippen LogP contribution in [0.25, 0.3) is 0 Å². The smallest absolute Gasteiger partial charge is 0.289 e. The maximum absolute atomic E-state index is 12.5. The van der Waals surface area contributed by atoms with Crippen LogP contribution in [0.4, 0.5) is 13.2 Å². The number of hydrogen-bond acceptors (Lipinski definition) is 4. The normalized spacial score (nSPS) is 12.2. The van der Waals surface area contributed by atoms with Crippen molar-refractivity contribution >= 4 is 17.2 Å². The van der Waals surface area contributed by atoms with E-state index in [1.54, 1.807) is 26.8 Å². The molecular formula is C12H18F3N3OS. The first-order chi connectivity index (χ1) is 9.14. The van der Waals surface area contributed by atoms with E-state index in [2.05, 4.69) is 0 Å². The molecule has 1 heterocycles. The number of hydrogen-bond donors (Lipinski definition) is 2. The first-order valence-electron chi connectivity index (χ1n) is 6.05.